The smallest absolute Gasteiger partial charge is 0.224 e. The zero-order valence-corrected chi connectivity index (χ0v) is 11.3. The van der Waals surface area contributed by atoms with Gasteiger partial charge in [0.05, 0.1) is 11.4 Å². The van der Waals surface area contributed by atoms with E-state index in [-0.39, 0.29) is 5.91 Å². The number of amides is 1. The summed E-state index contributed by atoms with van der Waals surface area (Å²) < 4.78 is 0. The first-order chi connectivity index (χ1) is 9.11. The SMILES string of the molecule is CC(CC1CC1)Nc1cc2c(cc1N)NC(=O)CC2. The van der Waals surface area contributed by atoms with Gasteiger partial charge in [0.2, 0.25) is 5.91 Å². The minimum absolute atomic E-state index is 0.0784. The molecular weight excluding hydrogens is 238 g/mol. The standard InChI is InChI=1S/C15H21N3O/c1-9(6-10-2-3-10)17-14-7-11-4-5-15(19)18-13(11)8-12(14)16/h7-10,17H,2-6,16H2,1H3,(H,18,19). The molecule has 1 atom stereocenters. The topological polar surface area (TPSA) is 67.2 Å². The molecule has 0 spiro atoms. The summed E-state index contributed by atoms with van der Waals surface area (Å²) in [6.07, 6.45) is 5.32. The lowest BCUT2D eigenvalue weighted by Crippen LogP contribution is -2.21. The molecule has 0 bridgehead atoms. The molecule has 3 rings (SSSR count). The molecule has 4 N–H and O–H groups in total. The number of nitrogen functional groups attached to an aromatic ring is 1. The van der Waals surface area contributed by atoms with Crippen LogP contribution >= 0.6 is 0 Å². The van der Waals surface area contributed by atoms with Crippen molar-refractivity contribution in [1.82, 2.24) is 0 Å². The van der Waals surface area contributed by atoms with Gasteiger partial charge in [-0.05, 0) is 43.4 Å². The number of nitrogens with two attached hydrogens (primary N) is 1. The third kappa shape index (κ3) is 2.83. The third-order valence-corrected chi connectivity index (χ3v) is 3.96. The van der Waals surface area contributed by atoms with E-state index in [4.69, 9.17) is 5.73 Å². The highest BCUT2D eigenvalue weighted by atomic mass is 16.1. The van der Waals surface area contributed by atoms with Crippen molar-refractivity contribution in [2.45, 2.75) is 45.1 Å². The van der Waals surface area contributed by atoms with Crippen molar-refractivity contribution in [2.24, 2.45) is 5.92 Å². The highest BCUT2D eigenvalue weighted by molar-refractivity contribution is 5.95. The van der Waals surface area contributed by atoms with Crippen molar-refractivity contribution in [3.05, 3.63) is 17.7 Å². The molecule has 1 fully saturated rings. The van der Waals surface area contributed by atoms with E-state index in [2.05, 4.69) is 23.6 Å². The zero-order valence-electron chi connectivity index (χ0n) is 11.3. The Morgan fingerprint density at radius 2 is 2.21 bits per heavy atom. The second-order valence-corrected chi connectivity index (χ2v) is 5.87. The van der Waals surface area contributed by atoms with Crippen LogP contribution in [-0.2, 0) is 11.2 Å². The van der Waals surface area contributed by atoms with Gasteiger partial charge in [0, 0.05) is 18.2 Å². The minimum Gasteiger partial charge on any atom is -0.397 e. The fraction of sp³-hybridized carbons (Fsp3) is 0.533. The van der Waals surface area contributed by atoms with Crippen LogP contribution in [0.1, 0.15) is 38.2 Å². The number of aryl methyl sites for hydroxylation is 1. The fourth-order valence-corrected chi connectivity index (χ4v) is 2.75. The van der Waals surface area contributed by atoms with Crippen molar-refractivity contribution in [3.8, 4) is 0 Å². The lowest BCUT2D eigenvalue weighted by Gasteiger charge is -2.22. The summed E-state index contributed by atoms with van der Waals surface area (Å²) in [5, 5.41) is 6.38. The van der Waals surface area contributed by atoms with Gasteiger partial charge in [0.15, 0.2) is 0 Å². The molecule has 1 saturated carbocycles. The first-order valence-corrected chi connectivity index (χ1v) is 7.10. The van der Waals surface area contributed by atoms with E-state index in [0.717, 1.165) is 23.7 Å². The maximum atomic E-state index is 11.4. The number of nitrogens with one attached hydrogen (secondary N) is 2. The van der Waals surface area contributed by atoms with Crippen LogP contribution in [0.5, 0.6) is 0 Å². The second-order valence-electron chi connectivity index (χ2n) is 5.87. The van der Waals surface area contributed by atoms with Gasteiger partial charge in [-0.1, -0.05) is 12.8 Å². The Morgan fingerprint density at radius 3 is 2.95 bits per heavy atom. The van der Waals surface area contributed by atoms with Crippen molar-refractivity contribution in [1.29, 1.82) is 0 Å². The Balaban J connectivity index is 1.75. The van der Waals surface area contributed by atoms with Gasteiger partial charge >= 0.3 is 0 Å². The van der Waals surface area contributed by atoms with E-state index < -0.39 is 0 Å². The Hall–Kier alpha value is -1.71. The number of carbonyl (C=O) groups is 1. The summed E-state index contributed by atoms with van der Waals surface area (Å²) in [5.41, 5.74) is 9.83. The molecule has 1 aromatic carbocycles. The van der Waals surface area contributed by atoms with Crippen LogP contribution in [-0.4, -0.2) is 11.9 Å². The van der Waals surface area contributed by atoms with E-state index >= 15 is 0 Å². The molecule has 4 nitrogen and oxygen atoms in total. The second kappa shape index (κ2) is 4.76. The molecule has 4 heteroatoms. The molecule has 1 unspecified atom stereocenters. The Kier molecular flexibility index (Phi) is 3.09. The van der Waals surface area contributed by atoms with Crippen LogP contribution in [0, 0.1) is 5.92 Å². The Labute approximate surface area is 113 Å². The van der Waals surface area contributed by atoms with Gasteiger partial charge in [0.1, 0.15) is 0 Å². The normalized spacial score (nSPS) is 19.5. The molecular formula is C15H21N3O. The molecule has 1 aromatic rings. The molecule has 2 aliphatic rings. The van der Waals surface area contributed by atoms with Crippen LogP contribution in [0.25, 0.3) is 0 Å². The van der Waals surface area contributed by atoms with Crippen LogP contribution in [0.4, 0.5) is 17.1 Å². The lowest BCUT2D eigenvalue weighted by molar-refractivity contribution is -0.116. The Bertz CT molecular complexity index is 508. The summed E-state index contributed by atoms with van der Waals surface area (Å²) >= 11 is 0. The quantitative estimate of drug-likeness (QED) is 0.728. The summed E-state index contributed by atoms with van der Waals surface area (Å²) in [6.45, 7) is 2.21. The number of anilines is 3. The molecule has 0 aromatic heterocycles. The highest BCUT2D eigenvalue weighted by Gasteiger charge is 2.24. The molecule has 1 amide bonds. The predicted molar refractivity (Wildman–Crippen MR) is 78.2 cm³/mol. The van der Waals surface area contributed by atoms with Gasteiger partial charge in [-0.15, -0.1) is 0 Å². The predicted octanol–water partition coefficient (Wildman–Crippen LogP) is 2.75. The number of hydrogen-bond acceptors (Lipinski definition) is 3. The number of rotatable bonds is 4. The highest BCUT2D eigenvalue weighted by Crippen LogP contribution is 2.35. The van der Waals surface area contributed by atoms with E-state index in [0.29, 0.717) is 18.2 Å². The number of benzene rings is 1. The van der Waals surface area contributed by atoms with Gasteiger partial charge < -0.3 is 16.4 Å². The van der Waals surface area contributed by atoms with Crippen LogP contribution < -0.4 is 16.4 Å². The largest absolute Gasteiger partial charge is 0.397 e. The van der Waals surface area contributed by atoms with Crippen molar-refractivity contribution in [2.75, 3.05) is 16.4 Å². The van der Waals surface area contributed by atoms with Crippen LogP contribution in [0.3, 0.4) is 0 Å². The zero-order chi connectivity index (χ0) is 13.4. The maximum Gasteiger partial charge on any atom is 0.224 e. The molecule has 0 saturated heterocycles. The molecule has 0 radical (unpaired) electrons. The third-order valence-electron chi connectivity index (χ3n) is 3.96. The van der Waals surface area contributed by atoms with Crippen molar-refractivity contribution >= 4 is 23.0 Å². The lowest BCUT2D eigenvalue weighted by atomic mass is 10.0. The molecule has 1 aliphatic carbocycles. The van der Waals surface area contributed by atoms with Crippen molar-refractivity contribution < 1.29 is 4.79 Å². The average Bonchev–Trinajstić information content (AvgIpc) is 3.14. The van der Waals surface area contributed by atoms with Gasteiger partial charge in [-0.2, -0.15) is 0 Å². The van der Waals surface area contributed by atoms with Gasteiger partial charge in [0.25, 0.3) is 0 Å². The van der Waals surface area contributed by atoms with Crippen LogP contribution in [0.2, 0.25) is 0 Å². The first-order valence-electron chi connectivity index (χ1n) is 7.10. The molecule has 1 aliphatic heterocycles. The minimum atomic E-state index is 0.0784. The van der Waals surface area contributed by atoms with E-state index in [1.807, 2.05) is 6.07 Å². The fourth-order valence-electron chi connectivity index (χ4n) is 2.75. The average molecular weight is 259 g/mol. The monoisotopic (exact) mass is 259 g/mol. The molecule has 19 heavy (non-hydrogen) atoms. The van der Waals surface area contributed by atoms with E-state index in [9.17, 15) is 4.79 Å². The van der Waals surface area contributed by atoms with E-state index in [1.165, 1.54) is 24.8 Å². The number of fused-ring (bicyclic) bond motifs is 1. The summed E-state index contributed by atoms with van der Waals surface area (Å²) in [6, 6.07) is 4.41. The van der Waals surface area contributed by atoms with Crippen molar-refractivity contribution in [3.63, 3.8) is 0 Å². The van der Waals surface area contributed by atoms with E-state index in [1.54, 1.807) is 0 Å². The molecule has 1 heterocycles. The molecule has 102 valence electrons. The van der Waals surface area contributed by atoms with Crippen LogP contribution in [0.15, 0.2) is 12.1 Å². The van der Waals surface area contributed by atoms with Gasteiger partial charge in [-0.3, -0.25) is 4.79 Å². The van der Waals surface area contributed by atoms with Gasteiger partial charge in [-0.25, -0.2) is 0 Å². The summed E-state index contributed by atoms with van der Waals surface area (Å²) in [5.74, 6) is 0.982. The summed E-state index contributed by atoms with van der Waals surface area (Å²) in [7, 11) is 0. The Morgan fingerprint density at radius 1 is 1.42 bits per heavy atom. The summed E-state index contributed by atoms with van der Waals surface area (Å²) in [4.78, 5) is 11.4. The maximum absolute atomic E-state index is 11.4. The number of hydrogen-bond donors (Lipinski definition) is 3. The number of carbonyl (C=O) groups excluding carboxylic acids is 1. The first kappa shape index (κ1) is 12.3.